The minimum atomic E-state index is -0.570. The molecule has 7 unspecified atom stereocenters. The van der Waals surface area contributed by atoms with Crippen molar-refractivity contribution in [1.29, 1.82) is 0 Å². The van der Waals surface area contributed by atoms with Crippen LogP contribution in [0.5, 0.6) is 0 Å². The Labute approximate surface area is 296 Å². The Kier molecular flexibility index (Phi) is 9.17. The molecule has 1 saturated heterocycles. The monoisotopic (exact) mass is 692 g/mol. The summed E-state index contributed by atoms with van der Waals surface area (Å²) < 4.78 is 22.2. The third-order valence-electron chi connectivity index (χ3n) is 14.2. The van der Waals surface area contributed by atoms with Crippen molar-refractivity contribution >= 4 is 23.9 Å². The summed E-state index contributed by atoms with van der Waals surface area (Å²) in [4.78, 5) is 46.3. The Hall–Kier alpha value is -2.94. The number of fused-ring (bicyclic) bond motifs is 1. The van der Waals surface area contributed by atoms with Gasteiger partial charge in [0.25, 0.3) is 0 Å². The quantitative estimate of drug-likeness (QED) is 0.179. The van der Waals surface area contributed by atoms with Crippen molar-refractivity contribution in [3.8, 4) is 0 Å². The summed E-state index contributed by atoms with van der Waals surface area (Å²) in [6.07, 6.45) is 15.7. The van der Waals surface area contributed by atoms with E-state index in [4.69, 9.17) is 18.9 Å². The van der Waals surface area contributed by atoms with Gasteiger partial charge in [0.2, 0.25) is 0 Å². The molecule has 7 atom stereocenters. The van der Waals surface area contributed by atoms with E-state index in [2.05, 4.69) is 26.7 Å². The molecule has 9 heteroatoms. The molecule has 10 aliphatic carbocycles. The van der Waals surface area contributed by atoms with Gasteiger partial charge in [-0.1, -0.05) is 26.7 Å². The van der Waals surface area contributed by atoms with Crippen LogP contribution in [0.1, 0.15) is 111 Å². The average Bonchev–Trinajstić information content (AvgIpc) is 3.67. The van der Waals surface area contributed by atoms with Crippen LogP contribution in [-0.2, 0) is 38.1 Å². The summed E-state index contributed by atoms with van der Waals surface area (Å²) in [5.74, 6) is 3.79. The van der Waals surface area contributed by atoms with Gasteiger partial charge in [-0.2, -0.15) is 0 Å². The molecule has 0 aromatic heterocycles. The minimum absolute atomic E-state index is 0.0646. The molecule has 10 saturated carbocycles. The fourth-order valence-electron chi connectivity index (χ4n) is 12.8. The molecule has 0 spiro atoms. The fourth-order valence-corrected chi connectivity index (χ4v) is 12.8. The second-order valence-electron chi connectivity index (χ2n) is 17.8. The normalized spacial score (nSPS) is 45.8. The van der Waals surface area contributed by atoms with E-state index in [9.17, 15) is 24.3 Å². The lowest BCUT2D eigenvalue weighted by molar-refractivity contribution is -0.217. The predicted octanol–water partition coefficient (Wildman–Crippen LogP) is 6.57. The first-order chi connectivity index (χ1) is 23.6. The third-order valence-corrected chi connectivity index (χ3v) is 14.2. The number of esters is 4. The van der Waals surface area contributed by atoms with Crippen molar-refractivity contribution < 1.29 is 43.2 Å². The van der Waals surface area contributed by atoms with E-state index in [1.165, 1.54) is 44.6 Å². The van der Waals surface area contributed by atoms with Crippen LogP contribution < -0.4 is 0 Å². The molecule has 0 radical (unpaired) electrons. The highest BCUT2D eigenvalue weighted by Crippen LogP contribution is 2.61. The number of hydrogen-bond donors (Lipinski definition) is 1. The van der Waals surface area contributed by atoms with E-state index in [1.807, 2.05) is 0 Å². The van der Waals surface area contributed by atoms with Gasteiger partial charge >= 0.3 is 23.9 Å². The molecule has 11 rings (SSSR count). The van der Waals surface area contributed by atoms with Crippen molar-refractivity contribution in [3.63, 3.8) is 0 Å². The van der Waals surface area contributed by atoms with Crippen LogP contribution in [0.2, 0.25) is 0 Å². The van der Waals surface area contributed by atoms with Gasteiger partial charge in [0.1, 0.15) is 23.4 Å². The Bertz CT molecular complexity index is 1420. The third kappa shape index (κ3) is 6.28. The summed E-state index contributed by atoms with van der Waals surface area (Å²) in [7, 11) is 0. The van der Waals surface area contributed by atoms with Crippen molar-refractivity contribution in [2.24, 2.45) is 53.3 Å². The molecule has 11 fully saturated rings. The summed E-state index contributed by atoms with van der Waals surface area (Å²) in [6.45, 7) is 16.2. The average molecular weight is 693 g/mol. The Morgan fingerprint density at radius 1 is 0.840 bits per heavy atom. The van der Waals surface area contributed by atoms with Gasteiger partial charge in [-0.05, 0) is 133 Å². The van der Waals surface area contributed by atoms with Crippen LogP contribution in [-0.4, -0.2) is 58.0 Å². The Balaban J connectivity index is 0.000000118. The van der Waals surface area contributed by atoms with E-state index in [-0.39, 0.29) is 53.5 Å². The molecule has 0 aromatic carbocycles. The highest BCUT2D eigenvalue weighted by atomic mass is 16.6. The van der Waals surface area contributed by atoms with Gasteiger partial charge in [-0.3, -0.25) is 4.79 Å². The van der Waals surface area contributed by atoms with Crippen molar-refractivity contribution in [1.82, 2.24) is 0 Å². The summed E-state index contributed by atoms with van der Waals surface area (Å²) in [5.41, 5.74) is -0.274. The van der Waals surface area contributed by atoms with Crippen LogP contribution >= 0.6 is 0 Å². The van der Waals surface area contributed by atoms with Crippen LogP contribution in [0.15, 0.2) is 37.0 Å². The Morgan fingerprint density at radius 2 is 1.42 bits per heavy atom. The van der Waals surface area contributed by atoms with Crippen LogP contribution in [0.4, 0.5) is 0 Å². The number of ether oxygens (including phenoxy) is 4. The summed E-state index contributed by atoms with van der Waals surface area (Å²) >= 11 is 0. The standard InChI is InChI=1S/C15H22O2.C14H20O3.C12H14O4/c1-3-14(16)17-15(4-2)12-6-10-5-11(8-12)9-13(15)7-10;1-9(2)12(15)17-14-6-10-3-11(7-14)5-13(16,4-10)8-14;1-5(2)11(13)15-9-6-3-7-8(4-6)12(14)16-10(7)9/h3,10-13H,1,4-9H2,2H3;10-11,16H,1,3-8H2,2H3;6-10H,1,3-4H2,2H3. The largest absolute Gasteiger partial charge is 0.458 e. The molecular formula is C41H56O9. The number of hydrogen-bond acceptors (Lipinski definition) is 9. The zero-order valence-electron chi connectivity index (χ0n) is 30.2. The molecule has 1 heterocycles. The maximum atomic E-state index is 11.7. The van der Waals surface area contributed by atoms with E-state index >= 15 is 0 Å². The molecule has 1 aliphatic heterocycles. The first-order valence-corrected chi connectivity index (χ1v) is 19.2. The number of rotatable bonds is 7. The molecule has 274 valence electrons. The van der Waals surface area contributed by atoms with Gasteiger partial charge in [0.15, 0.2) is 0 Å². The fraction of sp³-hybridized carbons (Fsp3) is 0.756. The SMILES string of the molecule is C=C(C)C(=O)OC12CC3CC(CC(O)(C3)C1)C2.C=C(C)C(=O)OC1C2CC3C(=O)OC1C3C2.C=CC(=O)OC1(CC)C2CC3CC(C2)CC1C3. The lowest BCUT2D eigenvalue weighted by Gasteiger charge is -2.60. The second-order valence-corrected chi connectivity index (χ2v) is 17.8. The lowest BCUT2D eigenvalue weighted by Crippen LogP contribution is -2.60. The van der Waals surface area contributed by atoms with Gasteiger partial charge in [-0.15, -0.1) is 0 Å². The van der Waals surface area contributed by atoms with Crippen molar-refractivity contribution in [2.45, 2.75) is 140 Å². The first-order valence-electron chi connectivity index (χ1n) is 19.2. The van der Waals surface area contributed by atoms with Gasteiger partial charge in [0, 0.05) is 35.5 Å². The van der Waals surface area contributed by atoms with E-state index in [0.717, 1.165) is 56.8 Å². The van der Waals surface area contributed by atoms with Crippen molar-refractivity contribution in [3.05, 3.63) is 37.0 Å². The van der Waals surface area contributed by atoms with E-state index in [0.29, 0.717) is 47.2 Å². The van der Waals surface area contributed by atoms with Crippen LogP contribution in [0, 0.1) is 53.3 Å². The lowest BCUT2D eigenvalue weighted by atomic mass is 9.49. The maximum Gasteiger partial charge on any atom is 0.333 e. The first kappa shape index (κ1) is 35.5. The number of carbonyl (C=O) groups is 4. The summed E-state index contributed by atoms with van der Waals surface area (Å²) in [5, 5.41) is 10.5. The van der Waals surface area contributed by atoms with Gasteiger partial charge in [0.05, 0.1) is 11.5 Å². The predicted molar refractivity (Wildman–Crippen MR) is 184 cm³/mol. The molecule has 0 aromatic rings. The van der Waals surface area contributed by atoms with Crippen LogP contribution in [0.3, 0.4) is 0 Å². The summed E-state index contributed by atoms with van der Waals surface area (Å²) in [6, 6.07) is 0. The number of carbonyl (C=O) groups excluding carboxylic acids is 4. The van der Waals surface area contributed by atoms with Crippen molar-refractivity contribution in [2.75, 3.05) is 0 Å². The second kappa shape index (κ2) is 12.9. The molecule has 0 amide bonds. The molecule has 11 aliphatic rings. The van der Waals surface area contributed by atoms with Gasteiger partial charge < -0.3 is 24.1 Å². The molecule has 50 heavy (non-hydrogen) atoms. The zero-order valence-corrected chi connectivity index (χ0v) is 30.2. The smallest absolute Gasteiger partial charge is 0.333 e. The minimum Gasteiger partial charge on any atom is -0.458 e. The van der Waals surface area contributed by atoms with Gasteiger partial charge in [-0.25, -0.2) is 14.4 Å². The molecular weight excluding hydrogens is 636 g/mol. The van der Waals surface area contributed by atoms with E-state index < -0.39 is 11.2 Å². The zero-order chi connectivity index (χ0) is 35.7. The van der Waals surface area contributed by atoms with E-state index in [1.54, 1.807) is 13.8 Å². The molecule has 10 bridgehead atoms. The Morgan fingerprint density at radius 3 is 1.94 bits per heavy atom. The molecule has 1 N–H and O–H groups in total. The maximum absolute atomic E-state index is 11.7. The number of aliphatic hydroxyl groups is 1. The topological polar surface area (TPSA) is 125 Å². The molecule has 9 nitrogen and oxygen atoms in total. The van der Waals surface area contributed by atoms with Crippen LogP contribution in [0.25, 0.3) is 0 Å². The highest BCUT2D eigenvalue weighted by molar-refractivity contribution is 5.88. The highest BCUT2D eigenvalue weighted by Gasteiger charge is 2.63.